The van der Waals surface area contributed by atoms with Crippen LogP contribution in [0.2, 0.25) is 0 Å². The van der Waals surface area contributed by atoms with Gasteiger partial charge < -0.3 is 0 Å². The molecule has 0 saturated heterocycles. The number of rotatable bonds is 0. The maximum absolute atomic E-state index is 8.76. The molecule has 0 aromatic heterocycles. The van der Waals surface area contributed by atoms with Gasteiger partial charge in [0.25, 0.3) is 0 Å². The SMILES string of the molecule is O=[Se](O)O.[LiH]. The molecule has 0 aliphatic rings. The first-order chi connectivity index (χ1) is 1.73. The average Bonchev–Trinajstić information content (AvgIpc) is 0.811. The van der Waals surface area contributed by atoms with Crippen LogP contribution in [0.3, 0.4) is 0 Å². The summed E-state index contributed by atoms with van der Waals surface area (Å²) in [4.78, 5) is 0. The van der Waals surface area contributed by atoms with Gasteiger partial charge in [0, 0.05) is 0 Å². The van der Waals surface area contributed by atoms with Crippen LogP contribution in [0.1, 0.15) is 0 Å². The Hall–Kier alpha value is 0.837. The Morgan fingerprint density at radius 3 is 1.40 bits per heavy atom. The molecule has 5 heteroatoms. The molecular weight excluding hydrogens is 134 g/mol. The van der Waals surface area contributed by atoms with E-state index >= 15 is 0 Å². The first-order valence-corrected chi connectivity index (χ1v) is 2.76. The second-order valence-corrected chi connectivity index (χ2v) is 1.20. The summed E-state index contributed by atoms with van der Waals surface area (Å²) < 4.78 is 23.1. The van der Waals surface area contributed by atoms with Gasteiger partial charge in [-0.3, -0.25) is 0 Å². The van der Waals surface area contributed by atoms with Crippen LogP contribution >= 0.6 is 0 Å². The van der Waals surface area contributed by atoms with E-state index in [1.165, 1.54) is 0 Å². The summed E-state index contributed by atoms with van der Waals surface area (Å²) in [5.41, 5.74) is 0. The van der Waals surface area contributed by atoms with Gasteiger partial charge in [0.05, 0.1) is 0 Å². The Balaban J connectivity index is 0. The van der Waals surface area contributed by atoms with E-state index in [1.54, 1.807) is 0 Å². The minimum absolute atomic E-state index is 0. The van der Waals surface area contributed by atoms with Crippen molar-refractivity contribution in [1.82, 2.24) is 0 Å². The molecular formula is H3LiO3Se. The van der Waals surface area contributed by atoms with Crippen molar-refractivity contribution in [3.63, 3.8) is 0 Å². The van der Waals surface area contributed by atoms with Crippen LogP contribution in [0.5, 0.6) is 0 Å². The zero-order chi connectivity index (χ0) is 3.58. The van der Waals surface area contributed by atoms with E-state index < -0.39 is 14.5 Å². The third kappa shape index (κ3) is 55.6. The van der Waals surface area contributed by atoms with E-state index in [-0.39, 0.29) is 18.9 Å². The predicted molar refractivity (Wildman–Crippen MR) is 18.0 cm³/mol. The van der Waals surface area contributed by atoms with E-state index in [9.17, 15) is 0 Å². The molecule has 0 radical (unpaired) electrons. The molecule has 0 amide bonds. The van der Waals surface area contributed by atoms with Gasteiger partial charge in [0.1, 0.15) is 0 Å². The van der Waals surface area contributed by atoms with Crippen LogP contribution in [0.4, 0.5) is 0 Å². The monoisotopic (exact) mass is 138 g/mol. The van der Waals surface area contributed by atoms with Crippen LogP contribution in [-0.4, -0.2) is 41.7 Å². The van der Waals surface area contributed by atoms with E-state index in [2.05, 4.69) is 0 Å². The molecule has 3 nitrogen and oxygen atoms in total. The van der Waals surface area contributed by atoms with Gasteiger partial charge in [0.2, 0.25) is 0 Å². The molecule has 0 fully saturated rings. The van der Waals surface area contributed by atoms with Gasteiger partial charge in [-0.15, -0.1) is 0 Å². The summed E-state index contributed by atoms with van der Waals surface area (Å²) in [7, 11) is 0. The van der Waals surface area contributed by atoms with Crippen molar-refractivity contribution < 1.29 is 12.2 Å². The summed E-state index contributed by atoms with van der Waals surface area (Å²) >= 11 is -3.29. The van der Waals surface area contributed by atoms with Crippen molar-refractivity contribution in [2.45, 2.75) is 0 Å². The van der Waals surface area contributed by atoms with Crippen molar-refractivity contribution in [1.29, 1.82) is 0 Å². The van der Waals surface area contributed by atoms with E-state index in [0.29, 0.717) is 0 Å². The Bertz CT molecular complexity index is 29.9. The Labute approximate surface area is 45.9 Å². The summed E-state index contributed by atoms with van der Waals surface area (Å²) in [5.74, 6) is 0. The van der Waals surface area contributed by atoms with Crippen molar-refractivity contribution in [3.8, 4) is 0 Å². The van der Waals surface area contributed by atoms with Gasteiger partial charge in [-0.1, -0.05) is 0 Å². The molecule has 0 saturated carbocycles. The zero-order valence-electron chi connectivity index (χ0n) is 1.71. The Kier molecular flexibility index (Phi) is 8.97. The van der Waals surface area contributed by atoms with Crippen molar-refractivity contribution in [3.05, 3.63) is 0 Å². The van der Waals surface area contributed by atoms with E-state index in [4.69, 9.17) is 12.2 Å². The topological polar surface area (TPSA) is 57.5 Å². The first kappa shape index (κ1) is 9.28. The van der Waals surface area contributed by atoms with Crippen molar-refractivity contribution in [2.24, 2.45) is 0 Å². The first-order valence-electron chi connectivity index (χ1n) is 0.532. The maximum atomic E-state index is 8.76. The van der Waals surface area contributed by atoms with Crippen LogP contribution in [0.25, 0.3) is 0 Å². The number of hydrogen-bond donors (Lipinski definition) is 2. The summed E-state index contributed by atoms with van der Waals surface area (Å²) in [6.45, 7) is 0. The standard InChI is InChI=1S/Li.H2O3Se.H/c;1-4(2)3;/h;(H2,1,2,3);. The van der Waals surface area contributed by atoms with Gasteiger partial charge in [-0.05, 0) is 0 Å². The second-order valence-electron chi connectivity index (χ2n) is 0.231. The second kappa shape index (κ2) is 4.84. The molecule has 0 unspecified atom stereocenters. The van der Waals surface area contributed by atoms with E-state index in [1.807, 2.05) is 0 Å². The Morgan fingerprint density at radius 2 is 1.40 bits per heavy atom. The van der Waals surface area contributed by atoms with Crippen LogP contribution in [0.15, 0.2) is 0 Å². The van der Waals surface area contributed by atoms with Crippen LogP contribution in [-0.2, 0) is 3.83 Å². The van der Waals surface area contributed by atoms with E-state index in [0.717, 1.165) is 0 Å². The number of hydrogen-bond acceptors (Lipinski definition) is 1. The zero-order valence-corrected chi connectivity index (χ0v) is 3.42. The molecule has 5 heavy (non-hydrogen) atoms. The molecule has 0 rings (SSSR count). The molecule has 28 valence electrons. The molecule has 0 aliphatic heterocycles. The fourth-order valence-corrected chi connectivity index (χ4v) is 0. The van der Waals surface area contributed by atoms with Crippen LogP contribution < -0.4 is 0 Å². The third-order valence-corrected chi connectivity index (χ3v) is 0. The molecule has 0 atom stereocenters. The van der Waals surface area contributed by atoms with Gasteiger partial charge in [-0.25, -0.2) is 0 Å². The summed E-state index contributed by atoms with van der Waals surface area (Å²) in [6.07, 6.45) is 0. The van der Waals surface area contributed by atoms with Crippen LogP contribution in [0, 0.1) is 0 Å². The molecule has 0 aliphatic carbocycles. The fraction of sp³-hybridized carbons (Fsp3) is 0. The average molecular weight is 137 g/mol. The van der Waals surface area contributed by atoms with Gasteiger partial charge in [-0.2, -0.15) is 0 Å². The fourth-order valence-electron chi connectivity index (χ4n) is 0. The minimum atomic E-state index is -3.29. The Morgan fingerprint density at radius 1 is 1.40 bits per heavy atom. The molecule has 0 aromatic rings. The van der Waals surface area contributed by atoms with Gasteiger partial charge in [0.15, 0.2) is 0 Å². The predicted octanol–water partition coefficient (Wildman–Crippen LogP) is -2.26. The normalized spacial score (nSPS) is 7.00. The van der Waals surface area contributed by atoms with Crippen molar-refractivity contribution >= 4 is 33.4 Å². The molecule has 0 spiro atoms. The molecule has 2 N–H and O–H groups in total. The summed E-state index contributed by atoms with van der Waals surface area (Å²) in [5, 5.41) is 0. The molecule has 0 aromatic carbocycles. The van der Waals surface area contributed by atoms with Crippen molar-refractivity contribution in [2.75, 3.05) is 0 Å². The third-order valence-electron chi connectivity index (χ3n) is 0. The molecule has 0 bridgehead atoms. The molecule has 0 heterocycles. The quantitative estimate of drug-likeness (QED) is 0.370. The van der Waals surface area contributed by atoms with Gasteiger partial charge >= 0.3 is 45.6 Å². The summed E-state index contributed by atoms with van der Waals surface area (Å²) in [6, 6.07) is 0.